The molecule has 1 aromatic carbocycles. The Morgan fingerprint density at radius 3 is 2.68 bits per heavy atom. The predicted octanol–water partition coefficient (Wildman–Crippen LogP) is 3.66. The smallest absolute Gasteiger partial charge is 0.117 e. The second-order valence-electron chi connectivity index (χ2n) is 6.37. The minimum atomic E-state index is 0.214. The van der Waals surface area contributed by atoms with E-state index in [1.165, 1.54) is 12.0 Å². The Balaban J connectivity index is 1.51. The summed E-state index contributed by atoms with van der Waals surface area (Å²) in [7, 11) is 0. The molecule has 1 aromatic heterocycles. The summed E-state index contributed by atoms with van der Waals surface area (Å²) >= 11 is 0. The van der Waals surface area contributed by atoms with Gasteiger partial charge in [0.05, 0.1) is 6.54 Å². The monoisotopic (exact) mass is 299 g/mol. The summed E-state index contributed by atoms with van der Waals surface area (Å²) in [5, 5.41) is 12.7. The highest BCUT2D eigenvalue weighted by molar-refractivity contribution is 5.20. The van der Waals surface area contributed by atoms with Crippen LogP contribution in [0.15, 0.2) is 46.9 Å². The topological polar surface area (TPSA) is 45.4 Å². The Morgan fingerprint density at radius 2 is 2.00 bits per heavy atom. The first kappa shape index (κ1) is 15.3. The van der Waals surface area contributed by atoms with Crippen LogP contribution in [0.4, 0.5) is 0 Å². The second kappa shape index (κ2) is 7.12. The normalized spacial score (nSPS) is 21.7. The van der Waals surface area contributed by atoms with Crippen molar-refractivity contribution in [2.75, 3.05) is 13.2 Å². The molecule has 3 rings (SSSR count). The van der Waals surface area contributed by atoms with E-state index in [9.17, 15) is 5.11 Å². The summed E-state index contributed by atoms with van der Waals surface area (Å²) < 4.78 is 5.91. The number of benzene rings is 1. The molecule has 2 N–H and O–H groups in total. The fourth-order valence-electron chi connectivity index (χ4n) is 3.04. The molecule has 3 unspecified atom stereocenters. The number of furan rings is 1. The molecule has 3 atom stereocenters. The third-order valence-electron chi connectivity index (χ3n) is 4.60. The summed E-state index contributed by atoms with van der Waals surface area (Å²) in [5.41, 5.74) is 1.27. The molecule has 3 nitrogen and oxygen atoms in total. The maximum absolute atomic E-state index is 9.26. The SMILES string of the molecule is CC1CC1c1ccc(CNCC(CCO)c2ccccc2)o1. The van der Waals surface area contributed by atoms with Crippen LogP contribution >= 0.6 is 0 Å². The van der Waals surface area contributed by atoms with E-state index < -0.39 is 0 Å². The van der Waals surface area contributed by atoms with Crippen LogP contribution in [0.25, 0.3) is 0 Å². The van der Waals surface area contributed by atoms with Gasteiger partial charge in [0.1, 0.15) is 11.5 Å². The maximum atomic E-state index is 9.26. The van der Waals surface area contributed by atoms with Crippen molar-refractivity contribution in [3.63, 3.8) is 0 Å². The molecule has 0 spiro atoms. The number of aliphatic hydroxyl groups excluding tert-OH is 1. The molecular formula is C19H25NO2. The first-order valence-corrected chi connectivity index (χ1v) is 8.23. The van der Waals surface area contributed by atoms with Gasteiger partial charge in [0.2, 0.25) is 0 Å². The average molecular weight is 299 g/mol. The molecule has 3 heteroatoms. The third-order valence-corrected chi connectivity index (χ3v) is 4.60. The minimum Gasteiger partial charge on any atom is -0.464 e. The Kier molecular flexibility index (Phi) is 4.96. The Labute approximate surface area is 132 Å². The van der Waals surface area contributed by atoms with Crippen molar-refractivity contribution >= 4 is 0 Å². The van der Waals surface area contributed by atoms with Gasteiger partial charge in [0.15, 0.2) is 0 Å². The van der Waals surface area contributed by atoms with E-state index in [1.54, 1.807) is 0 Å². The van der Waals surface area contributed by atoms with Gasteiger partial charge in [-0.3, -0.25) is 0 Å². The van der Waals surface area contributed by atoms with Gasteiger partial charge in [0, 0.05) is 19.1 Å². The highest BCUT2D eigenvalue weighted by Crippen LogP contribution is 2.47. The van der Waals surface area contributed by atoms with E-state index >= 15 is 0 Å². The number of rotatable bonds is 8. The van der Waals surface area contributed by atoms with Crippen molar-refractivity contribution in [1.29, 1.82) is 0 Å². The summed E-state index contributed by atoms with van der Waals surface area (Å²) in [5.74, 6) is 3.90. The Hall–Kier alpha value is -1.58. The lowest BCUT2D eigenvalue weighted by Gasteiger charge is -2.16. The van der Waals surface area contributed by atoms with Crippen LogP contribution in [0.3, 0.4) is 0 Å². The molecule has 0 bridgehead atoms. The van der Waals surface area contributed by atoms with Crippen molar-refractivity contribution < 1.29 is 9.52 Å². The molecule has 1 fully saturated rings. The van der Waals surface area contributed by atoms with Gasteiger partial charge >= 0.3 is 0 Å². The van der Waals surface area contributed by atoms with E-state index in [0.717, 1.165) is 36.9 Å². The number of hydrogen-bond acceptors (Lipinski definition) is 3. The van der Waals surface area contributed by atoms with Crippen LogP contribution in [0.1, 0.15) is 48.7 Å². The Bertz CT molecular complexity index is 578. The van der Waals surface area contributed by atoms with Crippen LogP contribution in [0, 0.1) is 5.92 Å². The van der Waals surface area contributed by atoms with Crippen LogP contribution in [-0.2, 0) is 6.54 Å². The van der Waals surface area contributed by atoms with Gasteiger partial charge < -0.3 is 14.8 Å². The highest BCUT2D eigenvalue weighted by Gasteiger charge is 2.36. The molecule has 1 aliphatic carbocycles. The third kappa shape index (κ3) is 3.79. The molecule has 0 radical (unpaired) electrons. The lowest BCUT2D eigenvalue weighted by molar-refractivity contribution is 0.273. The van der Waals surface area contributed by atoms with Gasteiger partial charge in [0.25, 0.3) is 0 Å². The zero-order chi connectivity index (χ0) is 15.4. The molecule has 0 saturated heterocycles. The summed E-state index contributed by atoms with van der Waals surface area (Å²) in [6, 6.07) is 14.6. The van der Waals surface area contributed by atoms with E-state index in [-0.39, 0.29) is 6.61 Å². The summed E-state index contributed by atoms with van der Waals surface area (Å²) in [4.78, 5) is 0. The van der Waals surface area contributed by atoms with Crippen LogP contribution in [-0.4, -0.2) is 18.3 Å². The van der Waals surface area contributed by atoms with Crippen molar-refractivity contribution in [1.82, 2.24) is 5.32 Å². The fraction of sp³-hybridized carbons (Fsp3) is 0.474. The molecule has 1 aliphatic rings. The van der Waals surface area contributed by atoms with Crippen molar-refractivity contribution in [3.05, 3.63) is 59.5 Å². The van der Waals surface area contributed by atoms with Crippen molar-refractivity contribution in [3.8, 4) is 0 Å². The highest BCUT2D eigenvalue weighted by atomic mass is 16.3. The van der Waals surface area contributed by atoms with E-state index in [2.05, 4.69) is 48.6 Å². The van der Waals surface area contributed by atoms with Gasteiger partial charge in [-0.15, -0.1) is 0 Å². The van der Waals surface area contributed by atoms with Crippen LogP contribution < -0.4 is 5.32 Å². The van der Waals surface area contributed by atoms with Crippen LogP contribution in [0.2, 0.25) is 0 Å². The van der Waals surface area contributed by atoms with Crippen LogP contribution in [0.5, 0.6) is 0 Å². The molecule has 1 saturated carbocycles. The first-order chi connectivity index (χ1) is 10.8. The number of aliphatic hydroxyl groups is 1. The zero-order valence-corrected chi connectivity index (χ0v) is 13.2. The molecular weight excluding hydrogens is 274 g/mol. The van der Waals surface area contributed by atoms with Gasteiger partial charge in [-0.1, -0.05) is 37.3 Å². The number of hydrogen-bond donors (Lipinski definition) is 2. The zero-order valence-electron chi connectivity index (χ0n) is 13.2. The Morgan fingerprint density at radius 1 is 1.23 bits per heavy atom. The molecule has 118 valence electrons. The van der Waals surface area contributed by atoms with Crippen molar-refractivity contribution in [2.45, 2.75) is 38.1 Å². The summed E-state index contributed by atoms with van der Waals surface area (Å²) in [6.07, 6.45) is 2.03. The fourth-order valence-corrected chi connectivity index (χ4v) is 3.04. The largest absolute Gasteiger partial charge is 0.464 e. The molecule has 1 heterocycles. The molecule has 0 amide bonds. The van der Waals surface area contributed by atoms with E-state index in [1.807, 2.05) is 6.07 Å². The molecule has 2 aromatic rings. The first-order valence-electron chi connectivity index (χ1n) is 8.23. The number of nitrogens with one attached hydrogen (secondary N) is 1. The second-order valence-corrected chi connectivity index (χ2v) is 6.37. The van der Waals surface area contributed by atoms with Gasteiger partial charge in [-0.25, -0.2) is 0 Å². The average Bonchev–Trinajstić information content (AvgIpc) is 3.09. The lowest BCUT2D eigenvalue weighted by atomic mass is 9.96. The predicted molar refractivity (Wildman–Crippen MR) is 87.8 cm³/mol. The van der Waals surface area contributed by atoms with E-state index in [4.69, 9.17) is 4.42 Å². The molecule has 0 aliphatic heterocycles. The standard InChI is InChI=1S/C19H25NO2/c1-14-11-18(14)19-8-7-17(22-19)13-20-12-16(9-10-21)15-5-3-2-4-6-15/h2-8,14,16,18,20-21H,9-13H2,1H3. The summed E-state index contributed by atoms with van der Waals surface area (Å²) in [6.45, 7) is 4.08. The minimum absolute atomic E-state index is 0.214. The van der Waals surface area contributed by atoms with E-state index in [0.29, 0.717) is 11.8 Å². The van der Waals surface area contributed by atoms with Gasteiger partial charge in [-0.2, -0.15) is 0 Å². The van der Waals surface area contributed by atoms with Gasteiger partial charge in [-0.05, 0) is 42.4 Å². The molecule has 22 heavy (non-hydrogen) atoms. The maximum Gasteiger partial charge on any atom is 0.117 e. The lowest BCUT2D eigenvalue weighted by Crippen LogP contribution is -2.21. The quantitative estimate of drug-likeness (QED) is 0.782. The van der Waals surface area contributed by atoms with Crippen molar-refractivity contribution in [2.24, 2.45) is 5.92 Å².